The Bertz CT molecular complexity index is 217. The molecule has 16 heavy (non-hydrogen) atoms. The molecule has 1 saturated carbocycles. The smallest absolute Gasteiger partial charge is 0.239 e. The van der Waals surface area contributed by atoms with Crippen LogP contribution in [0.15, 0.2) is 0 Å². The van der Waals surface area contributed by atoms with Gasteiger partial charge in [0.15, 0.2) is 0 Å². The molecular weight excluding hydrogens is 204 g/mol. The van der Waals surface area contributed by atoms with Gasteiger partial charge in [0.2, 0.25) is 5.91 Å². The number of methoxy groups -OCH3 is 1. The number of ether oxygens (including phenoxy) is 1. The quantitative estimate of drug-likeness (QED) is 0.678. The third kappa shape index (κ3) is 4.10. The summed E-state index contributed by atoms with van der Waals surface area (Å²) in [5, 5.41) is 0. The maximum atomic E-state index is 12.1. The second-order valence-electron chi connectivity index (χ2n) is 4.50. The number of nitrogens with zero attached hydrogens (tertiary/aromatic N) is 1. The lowest BCUT2D eigenvalue weighted by Gasteiger charge is -2.25. The minimum absolute atomic E-state index is 0.105. The van der Waals surface area contributed by atoms with Crippen LogP contribution in [0.2, 0.25) is 0 Å². The van der Waals surface area contributed by atoms with Crippen LogP contribution in [-0.2, 0) is 9.53 Å². The van der Waals surface area contributed by atoms with Gasteiger partial charge < -0.3 is 15.4 Å². The molecule has 0 saturated heterocycles. The maximum Gasteiger partial charge on any atom is 0.239 e. The molecule has 2 N–H and O–H groups in total. The van der Waals surface area contributed by atoms with Crippen LogP contribution in [0.25, 0.3) is 0 Å². The van der Waals surface area contributed by atoms with Crippen molar-refractivity contribution >= 4 is 5.91 Å². The van der Waals surface area contributed by atoms with E-state index in [2.05, 4.69) is 6.92 Å². The lowest BCUT2D eigenvalue weighted by Crippen LogP contribution is -2.46. The lowest BCUT2D eigenvalue weighted by molar-refractivity contribution is -0.134. The van der Waals surface area contributed by atoms with Crippen LogP contribution in [0.1, 0.15) is 39.0 Å². The zero-order valence-corrected chi connectivity index (χ0v) is 10.4. The molecule has 1 atom stereocenters. The topological polar surface area (TPSA) is 55.6 Å². The Morgan fingerprint density at radius 1 is 1.56 bits per heavy atom. The summed E-state index contributed by atoms with van der Waals surface area (Å²) < 4.78 is 5.03. The summed E-state index contributed by atoms with van der Waals surface area (Å²) in [4.78, 5) is 14.0. The highest BCUT2D eigenvalue weighted by Gasteiger charge is 2.34. The van der Waals surface area contributed by atoms with Crippen molar-refractivity contribution in [1.29, 1.82) is 0 Å². The van der Waals surface area contributed by atoms with Gasteiger partial charge in [0.05, 0.1) is 12.6 Å². The lowest BCUT2D eigenvalue weighted by atomic mass is 10.1. The number of amides is 1. The number of carbonyl (C=O) groups excluding carboxylic acids is 1. The molecule has 1 aliphatic carbocycles. The highest BCUT2D eigenvalue weighted by molar-refractivity contribution is 5.82. The fourth-order valence-corrected chi connectivity index (χ4v) is 1.81. The molecule has 0 aromatic carbocycles. The Morgan fingerprint density at radius 3 is 2.75 bits per heavy atom. The standard InChI is InChI=1S/C12H24N2O2/c1-3-4-5-11(13)12(15)14(8-9-16-2)10-6-7-10/h10-11H,3-9,13H2,1-2H3/t11-/m0/s1. The number of hydrogen-bond acceptors (Lipinski definition) is 3. The second-order valence-corrected chi connectivity index (χ2v) is 4.50. The van der Waals surface area contributed by atoms with Crippen LogP contribution in [0.3, 0.4) is 0 Å². The van der Waals surface area contributed by atoms with E-state index < -0.39 is 0 Å². The van der Waals surface area contributed by atoms with Gasteiger partial charge in [-0.3, -0.25) is 4.79 Å². The van der Waals surface area contributed by atoms with Crippen molar-refractivity contribution in [3.8, 4) is 0 Å². The van der Waals surface area contributed by atoms with Gasteiger partial charge in [0.1, 0.15) is 0 Å². The van der Waals surface area contributed by atoms with Gasteiger partial charge in [-0.1, -0.05) is 19.8 Å². The van der Waals surface area contributed by atoms with Crippen molar-refractivity contribution in [3.05, 3.63) is 0 Å². The molecule has 0 aromatic heterocycles. The van der Waals surface area contributed by atoms with Gasteiger partial charge in [-0.05, 0) is 19.3 Å². The molecule has 0 aromatic rings. The molecule has 0 heterocycles. The maximum absolute atomic E-state index is 12.1. The molecule has 0 aliphatic heterocycles. The average Bonchev–Trinajstić information content (AvgIpc) is 3.10. The SMILES string of the molecule is CCCC[C@H](N)C(=O)N(CCOC)C1CC1. The van der Waals surface area contributed by atoms with Crippen LogP contribution in [-0.4, -0.2) is 43.2 Å². The summed E-state index contributed by atoms with van der Waals surface area (Å²) in [6.07, 6.45) is 5.15. The van der Waals surface area contributed by atoms with Gasteiger partial charge >= 0.3 is 0 Å². The molecular formula is C12H24N2O2. The van der Waals surface area contributed by atoms with Crippen molar-refractivity contribution in [2.45, 2.75) is 51.1 Å². The van der Waals surface area contributed by atoms with E-state index in [0.717, 1.165) is 32.1 Å². The van der Waals surface area contributed by atoms with Crippen molar-refractivity contribution in [3.63, 3.8) is 0 Å². The number of carbonyl (C=O) groups is 1. The van der Waals surface area contributed by atoms with E-state index >= 15 is 0 Å². The van der Waals surface area contributed by atoms with E-state index in [9.17, 15) is 4.79 Å². The Kier molecular flexibility index (Phi) is 5.77. The molecule has 94 valence electrons. The number of unbranched alkanes of at least 4 members (excludes halogenated alkanes) is 1. The molecule has 0 spiro atoms. The molecule has 0 radical (unpaired) electrons. The van der Waals surface area contributed by atoms with Crippen LogP contribution in [0, 0.1) is 0 Å². The first-order valence-electron chi connectivity index (χ1n) is 6.25. The highest BCUT2D eigenvalue weighted by Crippen LogP contribution is 2.27. The summed E-state index contributed by atoms with van der Waals surface area (Å²) in [5.74, 6) is 0.105. The van der Waals surface area contributed by atoms with Crippen LogP contribution in [0.4, 0.5) is 0 Å². The van der Waals surface area contributed by atoms with E-state index in [4.69, 9.17) is 10.5 Å². The fraction of sp³-hybridized carbons (Fsp3) is 0.917. The molecule has 0 bridgehead atoms. The van der Waals surface area contributed by atoms with Crippen molar-refractivity contribution < 1.29 is 9.53 Å². The van der Waals surface area contributed by atoms with Gasteiger partial charge in [0, 0.05) is 19.7 Å². The zero-order chi connectivity index (χ0) is 12.0. The third-order valence-corrected chi connectivity index (χ3v) is 2.99. The number of hydrogen-bond donors (Lipinski definition) is 1. The fourth-order valence-electron chi connectivity index (χ4n) is 1.81. The molecule has 1 amide bonds. The molecule has 1 rings (SSSR count). The number of rotatable bonds is 8. The Labute approximate surface area is 98.1 Å². The first-order valence-corrected chi connectivity index (χ1v) is 6.25. The first kappa shape index (κ1) is 13.5. The largest absolute Gasteiger partial charge is 0.383 e. The summed E-state index contributed by atoms with van der Waals surface area (Å²) >= 11 is 0. The van der Waals surface area contributed by atoms with Gasteiger partial charge in [-0.25, -0.2) is 0 Å². The Balaban J connectivity index is 2.39. The van der Waals surface area contributed by atoms with Gasteiger partial charge in [-0.2, -0.15) is 0 Å². The average molecular weight is 228 g/mol. The van der Waals surface area contributed by atoms with Crippen molar-refractivity contribution in [2.24, 2.45) is 5.73 Å². The van der Waals surface area contributed by atoms with Crippen LogP contribution < -0.4 is 5.73 Å². The normalized spacial score (nSPS) is 17.2. The van der Waals surface area contributed by atoms with Crippen molar-refractivity contribution in [2.75, 3.05) is 20.3 Å². The van der Waals surface area contributed by atoms with E-state index in [-0.39, 0.29) is 11.9 Å². The monoisotopic (exact) mass is 228 g/mol. The minimum Gasteiger partial charge on any atom is -0.383 e. The third-order valence-electron chi connectivity index (χ3n) is 2.99. The summed E-state index contributed by atoms with van der Waals surface area (Å²) in [6, 6.07) is 0.104. The van der Waals surface area contributed by atoms with Gasteiger partial charge in [-0.15, -0.1) is 0 Å². The van der Waals surface area contributed by atoms with E-state index in [1.165, 1.54) is 0 Å². The van der Waals surface area contributed by atoms with Crippen molar-refractivity contribution in [1.82, 2.24) is 4.90 Å². The predicted molar refractivity (Wildman–Crippen MR) is 64.1 cm³/mol. The zero-order valence-electron chi connectivity index (χ0n) is 10.4. The summed E-state index contributed by atoms with van der Waals surface area (Å²) in [5.41, 5.74) is 5.91. The number of nitrogens with two attached hydrogens (primary N) is 1. The second kappa shape index (κ2) is 6.86. The predicted octanol–water partition coefficient (Wildman–Crippen LogP) is 1.14. The van der Waals surface area contributed by atoms with E-state index in [1.54, 1.807) is 7.11 Å². The molecule has 4 heteroatoms. The molecule has 1 fully saturated rings. The minimum atomic E-state index is -0.322. The molecule has 0 unspecified atom stereocenters. The summed E-state index contributed by atoms with van der Waals surface area (Å²) in [6.45, 7) is 3.39. The highest BCUT2D eigenvalue weighted by atomic mass is 16.5. The first-order chi connectivity index (χ1) is 7.70. The van der Waals surface area contributed by atoms with E-state index in [1.807, 2.05) is 4.90 Å². The summed E-state index contributed by atoms with van der Waals surface area (Å²) in [7, 11) is 1.66. The molecule has 4 nitrogen and oxygen atoms in total. The van der Waals surface area contributed by atoms with Gasteiger partial charge in [0.25, 0.3) is 0 Å². The van der Waals surface area contributed by atoms with E-state index in [0.29, 0.717) is 19.2 Å². The Hall–Kier alpha value is -0.610. The van der Waals surface area contributed by atoms with Crippen LogP contribution in [0.5, 0.6) is 0 Å². The molecule has 1 aliphatic rings. The Morgan fingerprint density at radius 2 is 2.25 bits per heavy atom. The van der Waals surface area contributed by atoms with Crippen LogP contribution >= 0.6 is 0 Å².